The molecule has 134 valence electrons. The summed E-state index contributed by atoms with van der Waals surface area (Å²) in [4.78, 5) is 13.6. The number of hydrogen-bond acceptors (Lipinski definition) is 3. The first kappa shape index (κ1) is 18.9. The molecule has 0 fully saturated rings. The Morgan fingerprint density at radius 2 is 2.08 bits per heavy atom. The number of benzene rings is 1. The molecule has 1 amide bonds. The third-order valence-electron chi connectivity index (χ3n) is 4.74. The molecule has 0 saturated carbocycles. The Balaban J connectivity index is 2.09. The second kappa shape index (κ2) is 8.12. The summed E-state index contributed by atoms with van der Waals surface area (Å²) < 4.78 is 27.9. The van der Waals surface area contributed by atoms with E-state index in [0.717, 1.165) is 36.9 Å². The topological polar surface area (TPSA) is 66.5 Å². The predicted octanol–water partition coefficient (Wildman–Crippen LogP) is 3.09. The number of amides is 1. The van der Waals surface area contributed by atoms with Crippen LogP contribution in [0.3, 0.4) is 0 Å². The van der Waals surface area contributed by atoms with E-state index in [-0.39, 0.29) is 10.8 Å². The van der Waals surface area contributed by atoms with Crippen LogP contribution in [-0.2, 0) is 21.2 Å². The average Bonchev–Trinajstić information content (AvgIpc) is 2.98. The molecule has 5 nitrogen and oxygen atoms in total. The summed E-state index contributed by atoms with van der Waals surface area (Å²) >= 11 is 0. The number of carbonyl (C=O) groups is 1. The number of rotatable bonds is 8. The molecule has 2 rings (SSSR count). The van der Waals surface area contributed by atoms with Crippen molar-refractivity contribution in [3.05, 3.63) is 23.8 Å². The SMILES string of the molecule is CCCC[C@@H](CC)CNS(=O)(=O)c1ccc2c(c1)CCN2C(C)=O. The van der Waals surface area contributed by atoms with Gasteiger partial charge in [0.25, 0.3) is 0 Å². The first-order valence-electron chi connectivity index (χ1n) is 8.79. The predicted molar refractivity (Wildman–Crippen MR) is 96.7 cm³/mol. The minimum absolute atomic E-state index is 0.0100. The number of sulfonamides is 1. The van der Waals surface area contributed by atoms with E-state index in [9.17, 15) is 13.2 Å². The van der Waals surface area contributed by atoms with Gasteiger partial charge in [0.05, 0.1) is 4.90 Å². The van der Waals surface area contributed by atoms with Gasteiger partial charge < -0.3 is 4.90 Å². The Bertz CT molecular complexity index is 686. The van der Waals surface area contributed by atoms with Gasteiger partial charge in [-0.15, -0.1) is 0 Å². The molecule has 0 spiro atoms. The number of anilines is 1. The fourth-order valence-corrected chi connectivity index (χ4v) is 4.29. The second-order valence-corrected chi connectivity index (χ2v) is 8.25. The van der Waals surface area contributed by atoms with Crippen LogP contribution >= 0.6 is 0 Å². The van der Waals surface area contributed by atoms with Crippen LogP contribution in [0.5, 0.6) is 0 Å². The van der Waals surface area contributed by atoms with Crippen LogP contribution in [0.25, 0.3) is 0 Å². The third kappa shape index (κ3) is 4.36. The van der Waals surface area contributed by atoms with Gasteiger partial charge in [-0.2, -0.15) is 0 Å². The Morgan fingerprint density at radius 3 is 2.71 bits per heavy atom. The molecule has 0 bridgehead atoms. The van der Waals surface area contributed by atoms with Crippen molar-refractivity contribution in [1.29, 1.82) is 0 Å². The minimum atomic E-state index is -3.50. The van der Waals surface area contributed by atoms with Crippen LogP contribution in [0.2, 0.25) is 0 Å². The Morgan fingerprint density at radius 1 is 1.33 bits per heavy atom. The third-order valence-corrected chi connectivity index (χ3v) is 6.16. The number of nitrogens with zero attached hydrogens (tertiary/aromatic N) is 1. The van der Waals surface area contributed by atoms with Crippen LogP contribution in [0.1, 0.15) is 52.0 Å². The summed E-state index contributed by atoms with van der Waals surface area (Å²) in [5.74, 6) is 0.367. The van der Waals surface area contributed by atoms with Gasteiger partial charge in [0.2, 0.25) is 15.9 Å². The lowest BCUT2D eigenvalue weighted by atomic mass is 10.00. The second-order valence-electron chi connectivity index (χ2n) is 6.48. The lowest BCUT2D eigenvalue weighted by molar-refractivity contribution is -0.116. The highest BCUT2D eigenvalue weighted by atomic mass is 32.2. The number of nitrogens with one attached hydrogen (secondary N) is 1. The normalized spacial score (nSPS) is 15.4. The molecule has 0 radical (unpaired) electrons. The molecule has 1 N–H and O–H groups in total. The van der Waals surface area contributed by atoms with Gasteiger partial charge in [-0.1, -0.05) is 33.1 Å². The van der Waals surface area contributed by atoms with Gasteiger partial charge in [-0.3, -0.25) is 4.79 Å². The Hall–Kier alpha value is -1.40. The van der Waals surface area contributed by atoms with Crippen molar-refractivity contribution in [1.82, 2.24) is 4.72 Å². The van der Waals surface area contributed by atoms with Crippen molar-refractivity contribution in [3.8, 4) is 0 Å². The van der Waals surface area contributed by atoms with Gasteiger partial charge in [0.15, 0.2) is 0 Å². The summed E-state index contributed by atoms with van der Waals surface area (Å²) in [6, 6.07) is 5.04. The summed E-state index contributed by atoms with van der Waals surface area (Å²) in [5, 5.41) is 0. The zero-order chi connectivity index (χ0) is 17.7. The lowest BCUT2D eigenvalue weighted by Crippen LogP contribution is -2.29. The maximum atomic E-state index is 12.5. The maximum Gasteiger partial charge on any atom is 0.240 e. The molecule has 1 aliphatic rings. The van der Waals surface area contributed by atoms with Gasteiger partial charge >= 0.3 is 0 Å². The number of fused-ring (bicyclic) bond motifs is 1. The number of carbonyl (C=O) groups excluding carboxylic acids is 1. The van der Waals surface area contributed by atoms with E-state index in [4.69, 9.17) is 0 Å². The van der Waals surface area contributed by atoms with Gasteiger partial charge in [-0.05, 0) is 42.5 Å². The lowest BCUT2D eigenvalue weighted by Gasteiger charge is -2.17. The molecule has 6 heteroatoms. The van der Waals surface area contributed by atoms with E-state index < -0.39 is 10.0 Å². The van der Waals surface area contributed by atoms with Gasteiger partial charge in [0, 0.05) is 25.7 Å². The maximum absolute atomic E-state index is 12.5. The first-order valence-corrected chi connectivity index (χ1v) is 10.3. The van der Waals surface area contributed by atoms with E-state index in [1.165, 1.54) is 6.92 Å². The zero-order valence-electron chi connectivity index (χ0n) is 14.8. The van der Waals surface area contributed by atoms with Crippen molar-refractivity contribution < 1.29 is 13.2 Å². The molecule has 1 heterocycles. The fraction of sp³-hybridized carbons (Fsp3) is 0.611. The van der Waals surface area contributed by atoms with E-state index in [1.54, 1.807) is 23.1 Å². The van der Waals surface area contributed by atoms with Crippen molar-refractivity contribution >= 4 is 21.6 Å². The standard InChI is InChI=1S/C18H28N2O3S/c1-4-6-7-15(5-2)13-19-24(22,23)17-8-9-18-16(12-17)10-11-20(18)14(3)21/h8-9,12,15,19H,4-7,10-11,13H2,1-3H3/t15-/m1/s1. The molecule has 0 aromatic heterocycles. The molecule has 0 saturated heterocycles. The molecule has 0 aliphatic carbocycles. The monoisotopic (exact) mass is 352 g/mol. The van der Waals surface area contributed by atoms with Crippen molar-refractivity contribution in [2.45, 2.75) is 57.8 Å². The van der Waals surface area contributed by atoms with Crippen LogP contribution in [0.15, 0.2) is 23.1 Å². The molecular formula is C18H28N2O3S. The largest absolute Gasteiger partial charge is 0.312 e. The highest BCUT2D eigenvalue weighted by Crippen LogP contribution is 2.30. The van der Waals surface area contributed by atoms with Gasteiger partial charge in [0.1, 0.15) is 0 Å². The molecule has 1 aromatic carbocycles. The Labute approximate surface area is 145 Å². The van der Waals surface area contributed by atoms with Crippen LogP contribution in [-0.4, -0.2) is 27.4 Å². The molecule has 1 aromatic rings. The van der Waals surface area contributed by atoms with Gasteiger partial charge in [-0.25, -0.2) is 13.1 Å². The fourth-order valence-electron chi connectivity index (χ4n) is 3.13. The summed E-state index contributed by atoms with van der Waals surface area (Å²) in [6.45, 7) is 6.88. The quantitative estimate of drug-likeness (QED) is 0.782. The molecule has 0 unspecified atom stereocenters. The van der Waals surface area contributed by atoms with Crippen LogP contribution < -0.4 is 9.62 Å². The molecule has 1 atom stereocenters. The van der Waals surface area contributed by atoms with Crippen molar-refractivity contribution in [2.75, 3.05) is 18.0 Å². The molecule has 1 aliphatic heterocycles. The highest BCUT2D eigenvalue weighted by molar-refractivity contribution is 7.89. The summed E-state index contributed by atoms with van der Waals surface area (Å²) in [7, 11) is -3.50. The smallest absolute Gasteiger partial charge is 0.240 e. The summed E-state index contributed by atoms with van der Waals surface area (Å²) in [6.07, 6.45) is 4.97. The molecule has 24 heavy (non-hydrogen) atoms. The minimum Gasteiger partial charge on any atom is -0.312 e. The van der Waals surface area contributed by atoms with E-state index in [1.807, 2.05) is 0 Å². The number of unbranched alkanes of at least 4 members (excludes halogenated alkanes) is 1. The van der Waals surface area contributed by atoms with E-state index >= 15 is 0 Å². The first-order chi connectivity index (χ1) is 11.4. The highest BCUT2D eigenvalue weighted by Gasteiger charge is 2.25. The summed E-state index contributed by atoms with van der Waals surface area (Å²) in [5.41, 5.74) is 1.75. The van der Waals surface area contributed by atoms with Crippen molar-refractivity contribution in [3.63, 3.8) is 0 Å². The number of hydrogen-bond donors (Lipinski definition) is 1. The molecular weight excluding hydrogens is 324 g/mol. The van der Waals surface area contributed by atoms with E-state index in [2.05, 4.69) is 18.6 Å². The van der Waals surface area contributed by atoms with Crippen LogP contribution in [0.4, 0.5) is 5.69 Å². The zero-order valence-corrected chi connectivity index (χ0v) is 15.7. The van der Waals surface area contributed by atoms with E-state index in [0.29, 0.717) is 25.4 Å². The average molecular weight is 353 g/mol. The van der Waals surface area contributed by atoms with Crippen molar-refractivity contribution in [2.24, 2.45) is 5.92 Å². The van der Waals surface area contributed by atoms with Crippen LogP contribution in [0, 0.1) is 5.92 Å². The Kier molecular flexibility index (Phi) is 6.40.